The molecule has 0 spiro atoms. The highest BCUT2D eigenvalue weighted by Crippen LogP contribution is 2.30. The van der Waals surface area contributed by atoms with Gasteiger partial charge in [-0.1, -0.05) is 95.8 Å². The van der Waals surface area contributed by atoms with Crippen LogP contribution < -0.4 is 14.4 Å². The molecule has 0 bridgehead atoms. The molecule has 0 aliphatic rings. The minimum Gasteiger partial charge on any atom is -0.493 e. The van der Waals surface area contributed by atoms with Crippen molar-refractivity contribution >= 4 is 21.7 Å². The summed E-state index contributed by atoms with van der Waals surface area (Å²) < 4.78 is 39.2. The predicted octanol–water partition coefficient (Wildman–Crippen LogP) is 7.80. The van der Waals surface area contributed by atoms with Gasteiger partial charge in [0.05, 0.1) is 33.1 Å². The topological polar surface area (TPSA) is 82.1 Å². The lowest BCUT2D eigenvalue weighted by atomic mass is 10.1. The number of rotatable bonds is 21. The number of unbranched alkanes of at least 4 members (excludes halogenated alkanes) is 11. The molecule has 0 fully saturated rings. The van der Waals surface area contributed by atoms with Gasteiger partial charge in [0, 0.05) is 12.6 Å². The maximum absolute atomic E-state index is 12.5. The molecular weight excluding hydrogens is 526 g/mol. The van der Waals surface area contributed by atoms with E-state index in [9.17, 15) is 13.2 Å². The molecule has 2 rings (SSSR count). The van der Waals surface area contributed by atoms with Gasteiger partial charge < -0.3 is 14.4 Å². The standard InChI is InChI=1S/C32H49NO6S/c1-5-6-7-8-9-10-11-12-13-14-15-16-22-38-32-24-28(20-21-31(32)37-3)25-33(27(2)34)30-19-17-18-29(23-30)26-39-40(4,35)36/h17-21,23-24H,5-16,22,25-26H2,1-4H3. The summed E-state index contributed by atoms with van der Waals surface area (Å²) in [6.07, 6.45) is 16.6. The Morgan fingerprint density at radius 2 is 1.43 bits per heavy atom. The molecule has 40 heavy (non-hydrogen) atoms. The van der Waals surface area contributed by atoms with E-state index >= 15 is 0 Å². The highest BCUT2D eigenvalue weighted by molar-refractivity contribution is 7.85. The highest BCUT2D eigenvalue weighted by Gasteiger charge is 2.15. The van der Waals surface area contributed by atoms with E-state index in [-0.39, 0.29) is 12.5 Å². The summed E-state index contributed by atoms with van der Waals surface area (Å²) in [6.45, 7) is 4.64. The van der Waals surface area contributed by atoms with Gasteiger partial charge in [-0.05, 0) is 41.8 Å². The predicted molar refractivity (Wildman–Crippen MR) is 163 cm³/mol. The number of amides is 1. The average Bonchev–Trinajstić information content (AvgIpc) is 2.93. The Hall–Kier alpha value is -2.58. The fraction of sp³-hybridized carbons (Fsp3) is 0.594. The molecule has 0 unspecified atom stereocenters. The molecule has 224 valence electrons. The first kappa shape index (κ1) is 33.6. The maximum Gasteiger partial charge on any atom is 0.264 e. The van der Waals surface area contributed by atoms with Crippen LogP contribution in [0.3, 0.4) is 0 Å². The largest absolute Gasteiger partial charge is 0.493 e. The Kier molecular flexibility index (Phi) is 15.7. The van der Waals surface area contributed by atoms with E-state index in [1.807, 2.05) is 24.3 Å². The SMILES string of the molecule is CCCCCCCCCCCCCCOc1cc(CN(C(C)=O)c2cccc(COS(C)(=O)=O)c2)ccc1OC. The molecule has 0 saturated carbocycles. The average molecular weight is 576 g/mol. The molecule has 0 radical (unpaired) electrons. The first-order valence-electron chi connectivity index (χ1n) is 14.7. The van der Waals surface area contributed by atoms with Crippen molar-refractivity contribution in [1.29, 1.82) is 0 Å². The molecule has 0 atom stereocenters. The molecule has 1 amide bonds. The van der Waals surface area contributed by atoms with E-state index in [0.717, 1.165) is 24.7 Å². The van der Waals surface area contributed by atoms with E-state index in [0.29, 0.717) is 35.9 Å². The van der Waals surface area contributed by atoms with Crippen molar-refractivity contribution in [3.05, 3.63) is 53.6 Å². The van der Waals surface area contributed by atoms with Crippen LogP contribution in [0.5, 0.6) is 11.5 Å². The number of hydrogen-bond acceptors (Lipinski definition) is 6. The van der Waals surface area contributed by atoms with Crippen LogP contribution in [0.1, 0.15) is 102 Å². The number of carbonyl (C=O) groups excluding carboxylic acids is 1. The molecule has 0 N–H and O–H groups in total. The second kappa shape index (κ2) is 18.7. The molecule has 0 saturated heterocycles. The zero-order valence-electron chi connectivity index (χ0n) is 25.0. The normalized spacial score (nSPS) is 11.4. The van der Waals surface area contributed by atoms with Crippen LogP contribution in [0.25, 0.3) is 0 Å². The quantitative estimate of drug-likeness (QED) is 0.112. The third kappa shape index (κ3) is 13.7. The highest BCUT2D eigenvalue weighted by atomic mass is 32.2. The third-order valence-corrected chi connectivity index (χ3v) is 7.41. The second-order valence-electron chi connectivity index (χ2n) is 10.5. The summed E-state index contributed by atoms with van der Waals surface area (Å²) in [7, 11) is -1.94. The van der Waals surface area contributed by atoms with Crippen LogP contribution in [-0.2, 0) is 32.2 Å². The number of benzene rings is 2. The van der Waals surface area contributed by atoms with Gasteiger partial charge in [-0.25, -0.2) is 0 Å². The van der Waals surface area contributed by atoms with Gasteiger partial charge in [-0.2, -0.15) is 8.42 Å². The summed E-state index contributed by atoms with van der Waals surface area (Å²) in [5.74, 6) is 1.20. The lowest BCUT2D eigenvalue weighted by molar-refractivity contribution is -0.116. The van der Waals surface area contributed by atoms with E-state index in [2.05, 4.69) is 6.92 Å². The van der Waals surface area contributed by atoms with Crippen molar-refractivity contribution in [2.45, 2.75) is 104 Å². The van der Waals surface area contributed by atoms with Gasteiger partial charge >= 0.3 is 0 Å². The first-order chi connectivity index (χ1) is 19.2. The maximum atomic E-state index is 12.5. The Morgan fingerprint density at radius 3 is 2.00 bits per heavy atom. The molecular formula is C32H49NO6S. The number of methoxy groups -OCH3 is 1. The van der Waals surface area contributed by atoms with Crippen molar-refractivity contribution in [3.8, 4) is 11.5 Å². The van der Waals surface area contributed by atoms with Crippen LogP contribution in [0.2, 0.25) is 0 Å². The summed E-state index contributed by atoms with van der Waals surface area (Å²) in [5, 5.41) is 0. The summed E-state index contributed by atoms with van der Waals surface area (Å²) >= 11 is 0. The Bertz CT molecular complexity index is 1120. The van der Waals surface area contributed by atoms with Gasteiger partial charge in [0.2, 0.25) is 5.91 Å². The molecule has 2 aromatic rings. The van der Waals surface area contributed by atoms with E-state index in [4.69, 9.17) is 13.7 Å². The molecule has 0 heterocycles. The van der Waals surface area contributed by atoms with Crippen molar-refractivity contribution in [2.24, 2.45) is 0 Å². The lowest BCUT2D eigenvalue weighted by Crippen LogP contribution is -2.27. The van der Waals surface area contributed by atoms with Crippen LogP contribution in [-0.4, -0.2) is 34.3 Å². The van der Waals surface area contributed by atoms with Crippen LogP contribution in [0.4, 0.5) is 5.69 Å². The van der Waals surface area contributed by atoms with Gasteiger partial charge in [-0.15, -0.1) is 0 Å². The zero-order chi connectivity index (χ0) is 29.2. The van der Waals surface area contributed by atoms with Gasteiger partial charge in [0.25, 0.3) is 10.1 Å². The van der Waals surface area contributed by atoms with E-state index in [1.165, 1.54) is 71.1 Å². The van der Waals surface area contributed by atoms with E-state index in [1.54, 1.807) is 30.2 Å². The number of carbonyl (C=O) groups is 1. The van der Waals surface area contributed by atoms with Crippen molar-refractivity contribution in [2.75, 3.05) is 24.9 Å². The Labute approximate surface area is 242 Å². The fourth-order valence-corrected chi connectivity index (χ4v) is 4.96. The zero-order valence-corrected chi connectivity index (χ0v) is 25.8. The Morgan fingerprint density at radius 1 is 0.800 bits per heavy atom. The van der Waals surface area contributed by atoms with Crippen molar-refractivity contribution < 1.29 is 26.9 Å². The van der Waals surface area contributed by atoms with Crippen LogP contribution in [0, 0.1) is 0 Å². The van der Waals surface area contributed by atoms with Crippen molar-refractivity contribution in [3.63, 3.8) is 0 Å². The molecule has 0 aliphatic carbocycles. The van der Waals surface area contributed by atoms with Crippen LogP contribution >= 0.6 is 0 Å². The fourth-order valence-electron chi connectivity index (χ4n) is 4.61. The molecule has 8 heteroatoms. The van der Waals surface area contributed by atoms with Gasteiger partial charge in [0.15, 0.2) is 11.5 Å². The molecule has 0 aliphatic heterocycles. The van der Waals surface area contributed by atoms with Gasteiger partial charge in [0.1, 0.15) is 0 Å². The number of anilines is 1. The Balaban J connectivity index is 1.84. The smallest absolute Gasteiger partial charge is 0.264 e. The lowest BCUT2D eigenvalue weighted by Gasteiger charge is -2.23. The monoisotopic (exact) mass is 575 g/mol. The number of ether oxygens (including phenoxy) is 2. The minimum atomic E-state index is -3.56. The number of hydrogen-bond donors (Lipinski definition) is 0. The summed E-state index contributed by atoms with van der Waals surface area (Å²) in [4.78, 5) is 14.2. The second-order valence-corrected chi connectivity index (χ2v) is 12.1. The summed E-state index contributed by atoms with van der Waals surface area (Å²) in [5.41, 5.74) is 2.23. The number of nitrogens with zero attached hydrogens (tertiary/aromatic N) is 1. The minimum absolute atomic E-state index is 0.0853. The third-order valence-electron chi connectivity index (χ3n) is 6.87. The molecule has 7 nitrogen and oxygen atoms in total. The summed E-state index contributed by atoms with van der Waals surface area (Å²) in [6, 6.07) is 12.8. The molecule has 2 aromatic carbocycles. The van der Waals surface area contributed by atoms with Crippen LogP contribution in [0.15, 0.2) is 42.5 Å². The molecule has 0 aromatic heterocycles. The van der Waals surface area contributed by atoms with Crippen molar-refractivity contribution in [1.82, 2.24) is 0 Å². The van der Waals surface area contributed by atoms with E-state index < -0.39 is 10.1 Å². The first-order valence-corrected chi connectivity index (χ1v) is 16.6. The van der Waals surface area contributed by atoms with Gasteiger partial charge in [-0.3, -0.25) is 8.98 Å².